The summed E-state index contributed by atoms with van der Waals surface area (Å²) in [4.78, 5) is 23.2. The predicted molar refractivity (Wildman–Crippen MR) is 63.2 cm³/mol. The average Bonchev–Trinajstić information content (AvgIpc) is 2.71. The van der Waals surface area contributed by atoms with Crippen LogP contribution in [-0.4, -0.2) is 25.4 Å². The Morgan fingerprint density at radius 3 is 2.82 bits per heavy atom. The maximum atomic E-state index is 11.8. The fourth-order valence-electron chi connectivity index (χ4n) is 1.18. The van der Waals surface area contributed by atoms with E-state index in [1.165, 1.54) is 18.9 Å². The highest BCUT2D eigenvalue weighted by molar-refractivity contribution is 6.43. The Labute approximate surface area is 107 Å². The van der Waals surface area contributed by atoms with Crippen molar-refractivity contribution in [2.75, 3.05) is 5.32 Å². The number of imidazole rings is 1. The molecule has 1 N–H and O–H groups in total. The van der Waals surface area contributed by atoms with Crippen LogP contribution in [0.3, 0.4) is 0 Å². The highest BCUT2D eigenvalue weighted by Gasteiger charge is 2.14. The zero-order chi connectivity index (χ0) is 12.4. The van der Waals surface area contributed by atoms with Gasteiger partial charge in [0.25, 0.3) is 5.91 Å². The molecular formula is C9H7Cl2N5O. The van der Waals surface area contributed by atoms with E-state index in [9.17, 15) is 4.79 Å². The number of hydrogen-bond acceptors (Lipinski definition) is 4. The lowest BCUT2D eigenvalue weighted by Gasteiger charge is -2.06. The van der Waals surface area contributed by atoms with Crippen LogP contribution >= 0.6 is 23.2 Å². The first-order chi connectivity index (χ1) is 8.09. The molecule has 0 aliphatic carbocycles. The summed E-state index contributed by atoms with van der Waals surface area (Å²) in [7, 11) is 1.70. The van der Waals surface area contributed by atoms with Crippen molar-refractivity contribution in [3.8, 4) is 0 Å². The lowest BCUT2D eigenvalue weighted by molar-refractivity contribution is 0.101. The minimum absolute atomic E-state index is 0.0852. The quantitative estimate of drug-likeness (QED) is 0.845. The number of nitrogens with one attached hydrogen (secondary N) is 1. The maximum absolute atomic E-state index is 11.8. The molecule has 88 valence electrons. The van der Waals surface area contributed by atoms with Gasteiger partial charge in [0.15, 0.2) is 11.0 Å². The lowest BCUT2D eigenvalue weighted by atomic mass is 10.4. The molecule has 0 bridgehead atoms. The molecule has 2 aromatic rings. The number of amides is 1. The van der Waals surface area contributed by atoms with Gasteiger partial charge in [0.05, 0.1) is 12.5 Å². The van der Waals surface area contributed by atoms with Crippen molar-refractivity contribution in [1.82, 2.24) is 19.5 Å². The van der Waals surface area contributed by atoms with E-state index >= 15 is 0 Å². The van der Waals surface area contributed by atoms with Gasteiger partial charge in [0.1, 0.15) is 17.0 Å². The molecule has 0 aliphatic rings. The highest BCUT2D eigenvalue weighted by Crippen LogP contribution is 2.25. The van der Waals surface area contributed by atoms with Crippen molar-refractivity contribution in [2.45, 2.75) is 0 Å². The Kier molecular flexibility index (Phi) is 3.26. The zero-order valence-corrected chi connectivity index (χ0v) is 10.2. The number of hydrogen-bond donors (Lipinski definition) is 1. The molecule has 1 amide bonds. The van der Waals surface area contributed by atoms with E-state index in [4.69, 9.17) is 23.2 Å². The topological polar surface area (TPSA) is 72.7 Å². The van der Waals surface area contributed by atoms with Crippen molar-refractivity contribution >= 4 is 34.9 Å². The third-order valence-corrected chi connectivity index (χ3v) is 2.77. The molecule has 2 rings (SSSR count). The van der Waals surface area contributed by atoms with E-state index < -0.39 is 0 Å². The molecule has 0 saturated heterocycles. The summed E-state index contributed by atoms with van der Waals surface area (Å²) in [5, 5.41) is 2.71. The number of halogens is 2. The smallest absolute Gasteiger partial charge is 0.275 e. The zero-order valence-electron chi connectivity index (χ0n) is 8.69. The molecule has 0 spiro atoms. The van der Waals surface area contributed by atoms with Gasteiger partial charge >= 0.3 is 0 Å². The molecule has 0 radical (unpaired) electrons. The second-order valence-electron chi connectivity index (χ2n) is 3.17. The van der Waals surface area contributed by atoms with Crippen LogP contribution in [0.15, 0.2) is 18.9 Å². The average molecular weight is 272 g/mol. The van der Waals surface area contributed by atoms with Gasteiger partial charge in [-0.05, 0) is 0 Å². The normalized spacial score (nSPS) is 10.3. The largest absolute Gasteiger partial charge is 0.330 e. The number of carbonyl (C=O) groups is 1. The Balaban J connectivity index is 2.25. The van der Waals surface area contributed by atoms with Gasteiger partial charge < -0.3 is 9.88 Å². The van der Waals surface area contributed by atoms with Gasteiger partial charge in [-0.3, -0.25) is 4.79 Å². The van der Waals surface area contributed by atoms with Crippen LogP contribution in [0.2, 0.25) is 10.2 Å². The van der Waals surface area contributed by atoms with Crippen molar-refractivity contribution in [2.24, 2.45) is 7.05 Å². The number of carbonyl (C=O) groups excluding carboxylic acids is 1. The van der Waals surface area contributed by atoms with Gasteiger partial charge in [-0.1, -0.05) is 23.2 Å². The molecule has 0 aliphatic heterocycles. The van der Waals surface area contributed by atoms with Crippen LogP contribution in [0.5, 0.6) is 0 Å². The molecular weight excluding hydrogens is 265 g/mol. The van der Waals surface area contributed by atoms with Crippen molar-refractivity contribution in [3.05, 3.63) is 34.7 Å². The number of nitrogens with zero attached hydrogens (tertiary/aromatic N) is 4. The third kappa shape index (κ3) is 2.37. The minimum atomic E-state index is -0.373. The molecule has 8 heteroatoms. The van der Waals surface area contributed by atoms with Gasteiger partial charge in [0, 0.05) is 7.05 Å². The summed E-state index contributed by atoms with van der Waals surface area (Å²) in [6, 6.07) is 0. The summed E-state index contributed by atoms with van der Waals surface area (Å²) in [6.07, 6.45) is 4.17. The van der Waals surface area contributed by atoms with Gasteiger partial charge in [-0.2, -0.15) is 0 Å². The SMILES string of the molecule is Cn1cncc1C(=O)Nc1ncnc(Cl)c1Cl. The van der Waals surface area contributed by atoms with Gasteiger partial charge in [-0.15, -0.1) is 0 Å². The molecule has 0 unspecified atom stereocenters. The van der Waals surface area contributed by atoms with Crippen LogP contribution in [0.1, 0.15) is 10.5 Å². The van der Waals surface area contributed by atoms with E-state index in [2.05, 4.69) is 20.3 Å². The highest BCUT2D eigenvalue weighted by atomic mass is 35.5. The lowest BCUT2D eigenvalue weighted by Crippen LogP contribution is -2.16. The third-order valence-electron chi connectivity index (χ3n) is 2.03. The standard InChI is InChI=1S/C9H7Cl2N5O/c1-16-4-12-2-5(16)9(17)15-8-6(10)7(11)13-3-14-8/h2-4H,1H3,(H,13,14,15,17). The minimum Gasteiger partial charge on any atom is -0.330 e. The summed E-state index contributed by atoms with van der Waals surface area (Å²) in [6.45, 7) is 0. The first-order valence-corrected chi connectivity index (χ1v) is 5.29. The van der Waals surface area contributed by atoms with Crippen LogP contribution in [0.25, 0.3) is 0 Å². The Morgan fingerprint density at radius 1 is 1.41 bits per heavy atom. The summed E-state index contributed by atoms with van der Waals surface area (Å²) >= 11 is 11.5. The maximum Gasteiger partial charge on any atom is 0.275 e. The van der Waals surface area contributed by atoms with Crippen LogP contribution in [-0.2, 0) is 7.05 Å². The van der Waals surface area contributed by atoms with E-state index in [1.54, 1.807) is 11.6 Å². The van der Waals surface area contributed by atoms with E-state index in [1.807, 2.05) is 0 Å². The predicted octanol–water partition coefficient (Wildman–Crippen LogP) is 1.77. The summed E-state index contributed by atoms with van der Waals surface area (Å²) in [5.74, 6) is -0.209. The summed E-state index contributed by atoms with van der Waals surface area (Å²) in [5.41, 5.74) is 0.385. The van der Waals surface area contributed by atoms with Crippen LogP contribution < -0.4 is 5.32 Å². The van der Waals surface area contributed by atoms with Crippen LogP contribution in [0, 0.1) is 0 Å². The fourth-order valence-corrected chi connectivity index (χ4v) is 1.46. The van der Waals surface area contributed by atoms with Gasteiger partial charge in [0.2, 0.25) is 0 Å². The Bertz CT molecular complexity index is 568. The second kappa shape index (κ2) is 4.68. The molecule has 17 heavy (non-hydrogen) atoms. The monoisotopic (exact) mass is 271 g/mol. The molecule has 6 nitrogen and oxygen atoms in total. The molecule has 0 aromatic carbocycles. The van der Waals surface area contributed by atoms with Crippen molar-refractivity contribution < 1.29 is 4.79 Å². The molecule has 0 atom stereocenters. The number of anilines is 1. The number of rotatable bonds is 2. The first-order valence-electron chi connectivity index (χ1n) is 4.53. The van der Waals surface area contributed by atoms with Crippen molar-refractivity contribution in [1.29, 1.82) is 0 Å². The molecule has 2 aromatic heterocycles. The number of aromatic nitrogens is 4. The van der Waals surface area contributed by atoms with Gasteiger partial charge in [-0.25, -0.2) is 15.0 Å². The molecule has 0 fully saturated rings. The molecule has 0 saturated carbocycles. The number of aryl methyl sites for hydroxylation is 1. The Hall–Kier alpha value is -1.66. The first kappa shape index (κ1) is 11.8. The molecule has 2 heterocycles. The fraction of sp³-hybridized carbons (Fsp3) is 0.111. The summed E-state index contributed by atoms with van der Waals surface area (Å²) < 4.78 is 1.58. The second-order valence-corrected chi connectivity index (χ2v) is 3.91. The van der Waals surface area contributed by atoms with Crippen molar-refractivity contribution in [3.63, 3.8) is 0 Å². The van der Waals surface area contributed by atoms with E-state index in [0.717, 1.165) is 0 Å². The van der Waals surface area contributed by atoms with Crippen LogP contribution in [0.4, 0.5) is 5.82 Å². The van der Waals surface area contributed by atoms with E-state index in [0.29, 0.717) is 5.69 Å². The van der Waals surface area contributed by atoms with E-state index in [-0.39, 0.29) is 21.9 Å². The Morgan fingerprint density at radius 2 is 2.18 bits per heavy atom.